The normalized spacial score (nSPS) is 11.8. The van der Waals surface area contributed by atoms with E-state index in [1.807, 2.05) is 0 Å². The molecule has 2 N–H and O–H groups in total. The summed E-state index contributed by atoms with van der Waals surface area (Å²) in [6.07, 6.45) is 1.33. The van der Waals surface area contributed by atoms with Crippen LogP contribution in [0.5, 0.6) is 0 Å². The monoisotopic (exact) mass is 336 g/mol. The highest BCUT2D eigenvalue weighted by atomic mass is 35.5. The summed E-state index contributed by atoms with van der Waals surface area (Å²) in [7, 11) is -3.88. The summed E-state index contributed by atoms with van der Waals surface area (Å²) >= 11 is 11.8. The molecule has 0 atom stereocenters. The van der Waals surface area contributed by atoms with Crippen molar-refractivity contribution in [2.75, 3.05) is 0 Å². The van der Waals surface area contributed by atoms with Crippen molar-refractivity contribution in [3.8, 4) is 0 Å². The van der Waals surface area contributed by atoms with Crippen molar-refractivity contribution in [1.82, 2.24) is 9.88 Å². The van der Waals surface area contributed by atoms with Gasteiger partial charge in [0.1, 0.15) is 11.2 Å². The summed E-state index contributed by atoms with van der Waals surface area (Å²) < 4.78 is 31.3. The average Bonchev–Trinajstić information content (AvgIpc) is 2.92. The summed E-state index contributed by atoms with van der Waals surface area (Å²) in [5.74, 6) is 0. The van der Waals surface area contributed by atoms with Crippen LogP contribution in [0.2, 0.25) is 10.0 Å². The van der Waals surface area contributed by atoms with Gasteiger partial charge in [0.05, 0.1) is 23.9 Å². The lowest BCUT2D eigenvalue weighted by atomic mass is 10.2. The number of aromatic nitrogens is 1. The molecule has 2 aromatic rings. The van der Waals surface area contributed by atoms with Crippen molar-refractivity contribution < 1.29 is 18.0 Å². The first-order chi connectivity index (χ1) is 9.44. The largest absolute Gasteiger partial charge is 0.392 e. The van der Waals surface area contributed by atoms with Gasteiger partial charge in [-0.05, 0) is 17.7 Å². The lowest BCUT2D eigenvalue weighted by Crippen LogP contribution is -2.24. The van der Waals surface area contributed by atoms with Crippen molar-refractivity contribution in [3.05, 3.63) is 45.8 Å². The van der Waals surface area contributed by atoms with E-state index >= 15 is 0 Å². The van der Waals surface area contributed by atoms with Crippen molar-refractivity contribution in [1.29, 1.82) is 0 Å². The molecule has 0 saturated carbocycles. The van der Waals surface area contributed by atoms with Gasteiger partial charge in [-0.15, -0.1) is 0 Å². The van der Waals surface area contributed by atoms with Crippen molar-refractivity contribution >= 4 is 33.2 Å². The van der Waals surface area contributed by atoms with Crippen LogP contribution < -0.4 is 4.72 Å². The average molecular weight is 337 g/mol. The molecule has 6 nitrogen and oxygen atoms in total. The smallest absolute Gasteiger partial charge is 0.242 e. The maximum atomic E-state index is 12.2. The van der Waals surface area contributed by atoms with Crippen LogP contribution in [0.4, 0.5) is 0 Å². The molecule has 0 amide bonds. The quantitative estimate of drug-likeness (QED) is 0.870. The third-order valence-electron chi connectivity index (χ3n) is 2.47. The van der Waals surface area contributed by atoms with Gasteiger partial charge < -0.3 is 9.63 Å². The number of nitrogens with one attached hydrogen (secondary N) is 1. The van der Waals surface area contributed by atoms with E-state index in [-0.39, 0.29) is 27.0 Å². The van der Waals surface area contributed by atoms with Gasteiger partial charge in [-0.3, -0.25) is 0 Å². The van der Waals surface area contributed by atoms with Crippen LogP contribution in [-0.4, -0.2) is 18.7 Å². The number of hydrogen-bond donors (Lipinski definition) is 2. The van der Waals surface area contributed by atoms with E-state index in [4.69, 9.17) is 28.3 Å². The molecule has 0 fully saturated rings. The minimum Gasteiger partial charge on any atom is -0.392 e. The maximum Gasteiger partial charge on any atom is 0.242 e. The lowest BCUT2D eigenvalue weighted by molar-refractivity contribution is 0.281. The molecule has 1 heterocycles. The minimum atomic E-state index is -3.88. The Morgan fingerprint density at radius 3 is 2.70 bits per heavy atom. The Kier molecular flexibility index (Phi) is 4.66. The number of benzene rings is 1. The van der Waals surface area contributed by atoms with Crippen molar-refractivity contribution in [2.24, 2.45) is 0 Å². The second-order valence-corrected chi connectivity index (χ2v) is 6.40. The standard InChI is InChI=1S/C11H10Cl2N2O4S/c12-8-3-7(6-16)11(13)10(4-8)20(17,18)14-5-9-1-2-19-15-9/h1-4,14,16H,5-6H2. The van der Waals surface area contributed by atoms with Gasteiger partial charge in [0.15, 0.2) is 0 Å². The molecule has 9 heteroatoms. The SMILES string of the molecule is O=S(=O)(NCc1ccon1)c1cc(Cl)cc(CO)c1Cl. The van der Waals surface area contributed by atoms with Crippen LogP contribution in [0.1, 0.15) is 11.3 Å². The third-order valence-corrected chi connectivity index (χ3v) is 4.68. The Labute approximate surface area is 125 Å². The Morgan fingerprint density at radius 2 is 2.10 bits per heavy atom. The lowest BCUT2D eigenvalue weighted by Gasteiger charge is -2.10. The van der Waals surface area contributed by atoms with E-state index in [9.17, 15) is 8.42 Å². The molecule has 108 valence electrons. The Balaban J connectivity index is 2.31. The van der Waals surface area contributed by atoms with E-state index in [0.29, 0.717) is 5.69 Å². The summed E-state index contributed by atoms with van der Waals surface area (Å²) in [6.45, 7) is -0.457. The Bertz CT molecular complexity index is 701. The highest BCUT2D eigenvalue weighted by Crippen LogP contribution is 2.29. The van der Waals surface area contributed by atoms with Crippen molar-refractivity contribution in [2.45, 2.75) is 18.0 Å². The second-order valence-electron chi connectivity index (χ2n) is 3.85. The number of halogens is 2. The fourth-order valence-corrected chi connectivity index (χ4v) is 3.43. The van der Waals surface area contributed by atoms with E-state index < -0.39 is 16.6 Å². The highest BCUT2D eigenvalue weighted by molar-refractivity contribution is 7.89. The Morgan fingerprint density at radius 1 is 1.35 bits per heavy atom. The molecule has 0 aliphatic carbocycles. The zero-order valence-corrected chi connectivity index (χ0v) is 12.3. The third kappa shape index (κ3) is 3.31. The first-order valence-corrected chi connectivity index (χ1v) is 7.65. The predicted molar refractivity (Wildman–Crippen MR) is 72.9 cm³/mol. The van der Waals surface area contributed by atoms with Gasteiger partial charge in [-0.2, -0.15) is 0 Å². The number of rotatable bonds is 5. The summed E-state index contributed by atoms with van der Waals surface area (Å²) in [5.41, 5.74) is 0.662. The number of aliphatic hydroxyl groups excluding tert-OH is 1. The van der Waals surface area contributed by atoms with E-state index in [1.54, 1.807) is 0 Å². The van der Waals surface area contributed by atoms with Crippen LogP contribution >= 0.6 is 23.2 Å². The van der Waals surface area contributed by atoms with Crippen LogP contribution in [0.25, 0.3) is 0 Å². The molecule has 0 spiro atoms. The van der Waals surface area contributed by atoms with Gasteiger partial charge in [0.2, 0.25) is 10.0 Å². The van der Waals surface area contributed by atoms with E-state index in [2.05, 4.69) is 14.4 Å². The van der Waals surface area contributed by atoms with Crippen molar-refractivity contribution in [3.63, 3.8) is 0 Å². The van der Waals surface area contributed by atoms with Gasteiger partial charge in [0, 0.05) is 11.1 Å². The van der Waals surface area contributed by atoms with E-state index in [0.717, 1.165) is 0 Å². The van der Waals surface area contributed by atoms with Gasteiger partial charge in [-0.25, -0.2) is 13.1 Å². The topological polar surface area (TPSA) is 92.4 Å². The molecule has 1 aromatic heterocycles. The van der Waals surface area contributed by atoms with Gasteiger partial charge in [-0.1, -0.05) is 28.4 Å². The fraction of sp³-hybridized carbons (Fsp3) is 0.182. The molecule has 1 aromatic carbocycles. The van der Waals surface area contributed by atoms with E-state index in [1.165, 1.54) is 24.5 Å². The number of nitrogens with zero attached hydrogens (tertiary/aromatic N) is 1. The maximum absolute atomic E-state index is 12.2. The van der Waals surface area contributed by atoms with Gasteiger partial charge >= 0.3 is 0 Å². The molecular weight excluding hydrogens is 327 g/mol. The molecule has 0 aliphatic rings. The van der Waals surface area contributed by atoms with Crippen LogP contribution in [0.15, 0.2) is 33.9 Å². The first kappa shape index (κ1) is 15.3. The number of hydrogen-bond acceptors (Lipinski definition) is 5. The number of aliphatic hydroxyl groups is 1. The minimum absolute atomic E-state index is 0.0455. The summed E-state index contributed by atoms with van der Waals surface area (Å²) in [5, 5.41) is 12.8. The zero-order valence-electron chi connectivity index (χ0n) is 10.0. The first-order valence-electron chi connectivity index (χ1n) is 5.42. The predicted octanol–water partition coefficient (Wildman–Crippen LogP) is 1.95. The number of sulfonamides is 1. The molecule has 0 saturated heterocycles. The van der Waals surface area contributed by atoms with Crippen LogP contribution in [-0.2, 0) is 23.2 Å². The highest BCUT2D eigenvalue weighted by Gasteiger charge is 2.21. The van der Waals surface area contributed by atoms with Crippen LogP contribution in [0, 0.1) is 0 Å². The molecular formula is C11H10Cl2N2O4S. The Hall–Kier alpha value is -1.12. The fourth-order valence-electron chi connectivity index (χ4n) is 1.50. The summed E-state index contributed by atoms with van der Waals surface area (Å²) in [6, 6.07) is 4.15. The van der Waals surface area contributed by atoms with Gasteiger partial charge in [0.25, 0.3) is 0 Å². The second kappa shape index (κ2) is 6.11. The molecule has 0 radical (unpaired) electrons. The molecule has 0 bridgehead atoms. The molecule has 20 heavy (non-hydrogen) atoms. The molecule has 0 aliphatic heterocycles. The summed E-state index contributed by atoms with van der Waals surface area (Å²) in [4.78, 5) is -0.195. The zero-order chi connectivity index (χ0) is 14.8. The van der Waals surface area contributed by atoms with Crippen LogP contribution in [0.3, 0.4) is 0 Å². The molecule has 0 unspecified atom stereocenters. The molecule has 2 rings (SSSR count).